The lowest BCUT2D eigenvalue weighted by Crippen LogP contribution is -2.40. The van der Waals surface area contributed by atoms with Gasteiger partial charge >= 0.3 is 0 Å². The maximum Gasteiger partial charge on any atom is 0.169 e. The van der Waals surface area contributed by atoms with E-state index in [1.54, 1.807) is 0 Å². The molecular weight excluding hydrogens is 354 g/mol. The average molecular weight is 378 g/mol. The van der Waals surface area contributed by atoms with Crippen molar-refractivity contribution in [3.63, 3.8) is 0 Å². The number of benzene rings is 1. The van der Waals surface area contributed by atoms with E-state index in [1.807, 2.05) is 17.5 Å². The molecule has 1 heterocycles. The summed E-state index contributed by atoms with van der Waals surface area (Å²) in [6, 6.07) is 8.71. The minimum atomic E-state index is -0.0303. The Morgan fingerprint density at radius 3 is 2.76 bits per heavy atom. The number of rotatable bonds is 8. The molecule has 25 heavy (non-hydrogen) atoms. The molecule has 0 spiro atoms. The second kappa shape index (κ2) is 8.60. The van der Waals surface area contributed by atoms with Gasteiger partial charge < -0.3 is 20.1 Å². The molecule has 134 valence electrons. The molecule has 3 rings (SSSR count). The quantitative estimate of drug-likeness (QED) is 0.690. The predicted molar refractivity (Wildman–Crippen MR) is 104 cm³/mol. The predicted octanol–water partition coefficient (Wildman–Crippen LogP) is 3.07. The van der Waals surface area contributed by atoms with Gasteiger partial charge in [0, 0.05) is 24.5 Å². The van der Waals surface area contributed by atoms with Crippen molar-refractivity contribution in [3.05, 3.63) is 45.9 Å². The third kappa shape index (κ3) is 5.14. The van der Waals surface area contributed by atoms with Gasteiger partial charge in [-0.15, -0.1) is 11.3 Å². The number of nitrogens with zero attached hydrogens (tertiary/aromatic N) is 2. The van der Waals surface area contributed by atoms with E-state index in [0.29, 0.717) is 18.3 Å². The van der Waals surface area contributed by atoms with Crippen LogP contribution < -0.4 is 10.1 Å². The van der Waals surface area contributed by atoms with E-state index in [0.717, 1.165) is 29.0 Å². The second-order valence-electron chi connectivity index (χ2n) is 6.02. The molecule has 0 aliphatic heterocycles. The highest BCUT2D eigenvalue weighted by Crippen LogP contribution is 2.29. The highest BCUT2D eigenvalue weighted by Gasteiger charge is 2.30. The van der Waals surface area contributed by atoms with E-state index < -0.39 is 0 Å². The number of thiazole rings is 1. The van der Waals surface area contributed by atoms with Crippen molar-refractivity contribution in [2.45, 2.75) is 45.6 Å². The second-order valence-corrected chi connectivity index (χ2v) is 7.35. The maximum absolute atomic E-state index is 9.04. The summed E-state index contributed by atoms with van der Waals surface area (Å²) in [5, 5.41) is 15.8. The summed E-state index contributed by atoms with van der Waals surface area (Å²) in [6.45, 7) is 4.13. The first kappa shape index (κ1) is 18.1. The SMILES string of the molecule is CCNC(=S)N(Cc1ccc(OCc2nc(CO)cs2)cc1)C1CC1. The van der Waals surface area contributed by atoms with Crippen LogP contribution in [0.25, 0.3) is 0 Å². The smallest absolute Gasteiger partial charge is 0.169 e. The van der Waals surface area contributed by atoms with E-state index in [4.69, 9.17) is 22.1 Å². The maximum atomic E-state index is 9.04. The molecule has 0 saturated heterocycles. The van der Waals surface area contributed by atoms with Crippen LogP contribution in [0.5, 0.6) is 5.75 Å². The van der Waals surface area contributed by atoms with Crippen molar-refractivity contribution >= 4 is 28.7 Å². The molecule has 0 atom stereocenters. The number of nitrogens with one attached hydrogen (secondary N) is 1. The van der Waals surface area contributed by atoms with Gasteiger partial charge in [0.15, 0.2) is 5.11 Å². The van der Waals surface area contributed by atoms with Gasteiger partial charge in [0.05, 0.1) is 12.3 Å². The summed E-state index contributed by atoms with van der Waals surface area (Å²) in [5.74, 6) is 0.816. The van der Waals surface area contributed by atoms with E-state index in [2.05, 4.69) is 34.3 Å². The Labute approximate surface area is 157 Å². The summed E-state index contributed by atoms with van der Waals surface area (Å²) in [5.41, 5.74) is 1.91. The first-order chi connectivity index (χ1) is 12.2. The molecule has 7 heteroatoms. The van der Waals surface area contributed by atoms with Gasteiger partial charge in [-0.05, 0) is 49.7 Å². The molecule has 1 aromatic heterocycles. The van der Waals surface area contributed by atoms with Crippen LogP contribution in [0.1, 0.15) is 36.0 Å². The fourth-order valence-electron chi connectivity index (χ4n) is 2.53. The van der Waals surface area contributed by atoms with Crippen molar-refractivity contribution < 1.29 is 9.84 Å². The van der Waals surface area contributed by atoms with Crippen LogP contribution in [0.15, 0.2) is 29.6 Å². The number of aliphatic hydroxyl groups is 1. The summed E-state index contributed by atoms with van der Waals surface area (Å²) in [7, 11) is 0. The fourth-order valence-corrected chi connectivity index (χ4v) is 3.58. The standard InChI is InChI=1S/C18H23N3O2S2/c1-2-19-18(24)21(15-5-6-15)9-13-3-7-16(8-4-13)23-11-17-20-14(10-22)12-25-17/h3-4,7-8,12,15,22H,2,5-6,9-11H2,1H3,(H,19,24). The number of thiocarbonyl (C=S) groups is 1. The van der Waals surface area contributed by atoms with Crippen LogP contribution in [-0.2, 0) is 19.8 Å². The van der Waals surface area contributed by atoms with E-state index in [-0.39, 0.29) is 6.61 Å². The molecule has 1 fully saturated rings. The molecule has 1 aromatic carbocycles. The Hall–Kier alpha value is -1.70. The van der Waals surface area contributed by atoms with Crippen LogP contribution in [0.3, 0.4) is 0 Å². The molecule has 2 N–H and O–H groups in total. The highest BCUT2D eigenvalue weighted by atomic mass is 32.1. The zero-order valence-electron chi connectivity index (χ0n) is 14.3. The third-order valence-corrected chi connectivity index (χ3v) is 5.23. The first-order valence-electron chi connectivity index (χ1n) is 8.50. The van der Waals surface area contributed by atoms with Gasteiger partial charge in [-0.1, -0.05) is 12.1 Å². The normalized spacial score (nSPS) is 13.5. The zero-order chi connectivity index (χ0) is 17.6. The van der Waals surface area contributed by atoms with Crippen molar-refractivity contribution in [1.82, 2.24) is 15.2 Å². The Morgan fingerprint density at radius 1 is 1.40 bits per heavy atom. The Balaban J connectivity index is 1.55. The molecule has 0 unspecified atom stereocenters. The van der Waals surface area contributed by atoms with E-state index >= 15 is 0 Å². The lowest BCUT2D eigenvalue weighted by atomic mass is 10.2. The lowest BCUT2D eigenvalue weighted by Gasteiger charge is -2.25. The van der Waals surface area contributed by atoms with Gasteiger partial charge in [-0.25, -0.2) is 4.98 Å². The summed E-state index contributed by atoms with van der Waals surface area (Å²) >= 11 is 6.99. The molecule has 5 nitrogen and oxygen atoms in total. The van der Waals surface area contributed by atoms with Gasteiger partial charge in [-0.3, -0.25) is 0 Å². The van der Waals surface area contributed by atoms with Crippen LogP contribution >= 0.6 is 23.6 Å². The van der Waals surface area contributed by atoms with E-state index in [9.17, 15) is 0 Å². The van der Waals surface area contributed by atoms with Crippen molar-refractivity contribution in [3.8, 4) is 5.75 Å². The molecule has 0 amide bonds. The molecule has 2 aromatic rings. The van der Waals surface area contributed by atoms with Crippen LogP contribution in [0.4, 0.5) is 0 Å². The number of aliphatic hydroxyl groups excluding tert-OH is 1. The topological polar surface area (TPSA) is 57.6 Å². The average Bonchev–Trinajstić information content (AvgIpc) is 3.36. The summed E-state index contributed by atoms with van der Waals surface area (Å²) in [4.78, 5) is 6.56. The number of aromatic nitrogens is 1. The first-order valence-corrected chi connectivity index (χ1v) is 9.78. The molecule has 1 aliphatic carbocycles. The molecule has 1 saturated carbocycles. The number of ether oxygens (including phenoxy) is 1. The Kier molecular flexibility index (Phi) is 6.23. The fraction of sp³-hybridized carbons (Fsp3) is 0.444. The van der Waals surface area contributed by atoms with Crippen molar-refractivity contribution in [1.29, 1.82) is 0 Å². The van der Waals surface area contributed by atoms with Crippen LogP contribution in [0.2, 0.25) is 0 Å². The Bertz CT molecular complexity index is 699. The number of hydrogen-bond acceptors (Lipinski definition) is 5. The van der Waals surface area contributed by atoms with Crippen molar-refractivity contribution in [2.75, 3.05) is 6.54 Å². The van der Waals surface area contributed by atoms with Gasteiger partial charge in [0.25, 0.3) is 0 Å². The molecule has 1 aliphatic rings. The molecular formula is C18H23N3O2S2. The van der Waals surface area contributed by atoms with E-state index in [1.165, 1.54) is 29.7 Å². The van der Waals surface area contributed by atoms with Crippen LogP contribution in [-0.4, -0.2) is 32.7 Å². The molecule has 0 radical (unpaired) electrons. The Morgan fingerprint density at radius 2 is 2.16 bits per heavy atom. The highest BCUT2D eigenvalue weighted by molar-refractivity contribution is 7.80. The minimum Gasteiger partial charge on any atom is -0.486 e. The van der Waals surface area contributed by atoms with Crippen molar-refractivity contribution in [2.24, 2.45) is 0 Å². The number of hydrogen-bond donors (Lipinski definition) is 2. The van der Waals surface area contributed by atoms with Gasteiger partial charge in [0.1, 0.15) is 17.4 Å². The van der Waals surface area contributed by atoms with Gasteiger partial charge in [-0.2, -0.15) is 0 Å². The summed E-state index contributed by atoms with van der Waals surface area (Å²) < 4.78 is 5.77. The minimum absolute atomic E-state index is 0.0303. The summed E-state index contributed by atoms with van der Waals surface area (Å²) in [6.07, 6.45) is 2.44. The largest absolute Gasteiger partial charge is 0.486 e. The lowest BCUT2D eigenvalue weighted by molar-refractivity contribution is 0.275. The van der Waals surface area contributed by atoms with Gasteiger partial charge in [0.2, 0.25) is 0 Å². The molecule has 0 bridgehead atoms. The monoisotopic (exact) mass is 377 g/mol. The zero-order valence-corrected chi connectivity index (χ0v) is 15.9. The third-order valence-electron chi connectivity index (χ3n) is 3.98. The van der Waals surface area contributed by atoms with Crippen LogP contribution in [0, 0.1) is 0 Å².